The van der Waals surface area contributed by atoms with Crippen molar-refractivity contribution >= 4 is 17.4 Å². The van der Waals surface area contributed by atoms with Gasteiger partial charge in [0.1, 0.15) is 5.69 Å². The van der Waals surface area contributed by atoms with Crippen molar-refractivity contribution in [3.63, 3.8) is 0 Å². The Kier molecular flexibility index (Phi) is 7.02. The Morgan fingerprint density at radius 2 is 1.77 bits per heavy atom. The fraction of sp³-hybridized carbons (Fsp3) is 0.320. The zero-order chi connectivity index (χ0) is 22.5. The van der Waals surface area contributed by atoms with E-state index in [0.29, 0.717) is 30.0 Å². The molecule has 6 heteroatoms. The molecule has 6 nitrogen and oxygen atoms in total. The third-order valence-electron chi connectivity index (χ3n) is 5.12. The molecular weight excluding hydrogens is 390 g/mol. The largest absolute Gasteiger partial charge is 0.384 e. The molecule has 3 rings (SSSR count). The predicted octanol–water partition coefficient (Wildman–Crippen LogP) is 4.81. The topological polar surface area (TPSA) is 73.2 Å². The van der Waals surface area contributed by atoms with Crippen molar-refractivity contribution in [2.45, 2.75) is 27.2 Å². The van der Waals surface area contributed by atoms with E-state index in [4.69, 9.17) is 4.74 Å². The van der Waals surface area contributed by atoms with Crippen LogP contribution in [0.15, 0.2) is 48.5 Å². The maximum Gasteiger partial charge on any atom is 0.273 e. The lowest BCUT2D eigenvalue weighted by molar-refractivity contribution is 0.0919. The Balaban J connectivity index is 1.96. The van der Waals surface area contributed by atoms with E-state index >= 15 is 0 Å². The van der Waals surface area contributed by atoms with Gasteiger partial charge in [-0.05, 0) is 55.2 Å². The van der Waals surface area contributed by atoms with Crippen LogP contribution in [0, 0.1) is 19.8 Å². The minimum Gasteiger partial charge on any atom is -0.384 e. The normalized spacial score (nSPS) is 11.9. The van der Waals surface area contributed by atoms with Gasteiger partial charge in [-0.2, -0.15) is 5.10 Å². The molecule has 1 aromatic heterocycles. The van der Waals surface area contributed by atoms with Gasteiger partial charge >= 0.3 is 0 Å². The van der Waals surface area contributed by atoms with Gasteiger partial charge in [-0.25, -0.2) is 0 Å². The number of ketones is 1. The number of aryl methyl sites for hydroxylation is 3. The summed E-state index contributed by atoms with van der Waals surface area (Å²) < 4.78 is 6.71. The van der Waals surface area contributed by atoms with E-state index in [1.54, 1.807) is 31.0 Å². The number of methoxy groups -OCH3 is 1. The summed E-state index contributed by atoms with van der Waals surface area (Å²) in [6.45, 7) is 6.38. The zero-order valence-corrected chi connectivity index (χ0v) is 18.7. The first-order valence-electron chi connectivity index (χ1n) is 10.3. The van der Waals surface area contributed by atoms with Gasteiger partial charge in [0, 0.05) is 38.4 Å². The van der Waals surface area contributed by atoms with Crippen LogP contribution in [0.25, 0.3) is 11.1 Å². The molecule has 0 spiro atoms. The van der Waals surface area contributed by atoms with Gasteiger partial charge in [-0.1, -0.05) is 36.8 Å². The fourth-order valence-corrected chi connectivity index (χ4v) is 3.57. The number of nitrogens with one attached hydrogen (secondary N) is 1. The third-order valence-corrected chi connectivity index (χ3v) is 5.12. The molecule has 2 aromatic carbocycles. The molecule has 1 amide bonds. The van der Waals surface area contributed by atoms with Gasteiger partial charge in [-0.15, -0.1) is 0 Å². The van der Waals surface area contributed by atoms with Crippen LogP contribution in [-0.2, 0) is 11.8 Å². The number of carbonyl (C=O) groups is 2. The molecular formula is C25H29N3O3. The number of rotatable bonds is 8. The smallest absolute Gasteiger partial charge is 0.273 e. The highest BCUT2D eigenvalue weighted by Crippen LogP contribution is 2.27. The number of hydrogen-bond acceptors (Lipinski definition) is 4. The summed E-state index contributed by atoms with van der Waals surface area (Å²) in [7, 11) is 3.36. The molecule has 0 aliphatic heterocycles. The van der Waals surface area contributed by atoms with E-state index in [2.05, 4.69) is 10.4 Å². The van der Waals surface area contributed by atoms with Gasteiger partial charge in [0.05, 0.1) is 5.69 Å². The van der Waals surface area contributed by atoms with E-state index in [1.807, 2.05) is 57.2 Å². The van der Waals surface area contributed by atoms with E-state index in [1.165, 1.54) is 0 Å². The molecule has 3 aromatic rings. The second kappa shape index (κ2) is 9.71. The number of anilines is 1. The molecule has 0 radical (unpaired) electrons. The van der Waals surface area contributed by atoms with Crippen LogP contribution >= 0.6 is 0 Å². The molecule has 1 heterocycles. The average molecular weight is 420 g/mol. The van der Waals surface area contributed by atoms with Crippen molar-refractivity contribution in [3.8, 4) is 11.1 Å². The lowest BCUT2D eigenvalue weighted by Gasteiger charge is -2.13. The first-order chi connectivity index (χ1) is 14.8. The highest BCUT2D eigenvalue weighted by atomic mass is 16.5. The van der Waals surface area contributed by atoms with E-state index < -0.39 is 0 Å². The Hall–Kier alpha value is -3.25. The quantitative estimate of drug-likeness (QED) is 0.532. The molecule has 1 N–H and O–H groups in total. The van der Waals surface area contributed by atoms with Crippen LogP contribution in [0.4, 0.5) is 5.69 Å². The van der Waals surface area contributed by atoms with Crippen LogP contribution in [0.2, 0.25) is 0 Å². The summed E-state index contributed by atoms with van der Waals surface area (Å²) in [6, 6.07) is 15.3. The Morgan fingerprint density at radius 3 is 2.39 bits per heavy atom. The lowest BCUT2D eigenvalue weighted by Crippen LogP contribution is -2.17. The van der Waals surface area contributed by atoms with Crippen molar-refractivity contribution in [2.75, 3.05) is 19.0 Å². The van der Waals surface area contributed by atoms with Gasteiger partial charge in [-0.3, -0.25) is 14.3 Å². The maximum absolute atomic E-state index is 13.0. The van der Waals surface area contributed by atoms with Crippen LogP contribution in [-0.4, -0.2) is 35.2 Å². The molecule has 0 aliphatic carbocycles. The number of Topliss-reactive ketones (excluding diaryl/α,β-unsaturated/α-hetero) is 1. The summed E-state index contributed by atoms with van der Waals surface area (Å²) in [5.41, 5.74) is 5.38. The number of carbonyl (C=O) groups excluding carboxylic acids is 2. The number of amides is 1. The van der Waals surface area contributed by atoms with Crippen molar-refractivity contribution in [2.24, 2.45) is 13.0 Å². The van der Waals surface area contributed by atoms with Crippen LogP contribution in [0.1, 0.15) is 45.4 Å². The van der Waals surface area contributed by atoms with Crippen LogP contribution < -0.4 is 5.32 Å². The van der Waals surface area contributed by atoms with E-state index in [0.717, 1.165) is 22.4 Å². The third kappa shape index (κ3) is 5.67. The predicted molar refractivity (Wildman–Crippen MR) is 123 cm³/mol. The fourth-order valence-electron chi connectivity index (χ4n) is 3.57. The van der Waals surface area contributed by atoms with E-state index in [-0.39, 0.29) is 17.6 Å². The first-order valence-corrected chi connectivity index (χ1v) is 10.3. The molecule has 31 heavy (non-hydrogen) atoms. The monoisotopic (exact) mass is 419 g/mol. The summed E-state index contributed by atoms with van der Waals surface area (Å²) in [6.07, 6.45) is 0.375. The Morgan fingerprint density at radius 1 is 1.06 bits per heavy atom. The zero-order valence-electron chi connectivity index (χ0n) is 18.7. The van der Waals surface area contributed by atoms with Crippen LogP contribution in [0.3, 0.4) is 0 Å². The molecule has 0 aliphatic rings. The number of hydrogen-bond donors (Lipinski definition) is 1. The Labute approximate surface area is 183 Å². The molecule has 0 bridgehead atoms. The number of ether oxygens (including phenoxy) is 1. The number of benzene rings is 2. The standard InChI is InChI=1S/C25H29N3O3/c1-16-6-8-19(9-7-16)20-12-21(24(29)10-17(2)15-31-5)14-22(13-20)26-25(30)23-11-18(3)27-28(23)4/h6-9,11-14,17H,10,15H2,1-5H3,(H,26,30). The highest BCUT2D eigenvalue weighted by molar-refractivity contribution is 6.05. The van der Waals surface area contributed by atoms with Gasteiger partial charge in [0.25, 0.3) is 5.91 Å². The Bertz CT molecular complexity index is 1080. The summed E-state index contributed by atoms with van der Waals surface area (Å²) in [5.74, 6) is -0.142. The molecule has 0 fully saturated rings. The summed E-state index contributed by atoms with van der Waals surface area (Å²) in [4.78, 5) is 25.8. The molecule has 162 valence electrons. The second-order valence-electron chi connectivity index (χ2n) is 8.10. The van der Waals surface area contributed by atoms with Crippen LogP contribution in [0.5, 0.6) is 0 Å². The maximum atomic E-state index is 13.0. The summed E-state index contributed by atoms with van der Waals surface area (Å²) >= 11 is 0. The minimum atomic E-state index is -0.268. The number of aromatic nitrogens is 2. The summed E-state index contributed by atoms with van der Waals surface area (Å²) in [5, 5.41) is 7.16. The first kappa shape index (κ1) is 22.4. The van der Waals surface area contributed by atoms with Crippen molar-refractivity contribution in [1.82, 2.24) is 9.78 Å². The second-order valence-corrected chi connectivity index (χ2v) is 8.10. The molecule has 0 saturated heterocycles. The molecule has 1 atom stereocenters. The van der Waals surface area contributed by atoms with Crippen molar-refractivity contribution in [1.29, 1.82) is 0 Å². The molecule has 0 saturated carbocycles. The lowest BCUT2D eigenvalue weighted by atomic mass is 9.95. The number of nitrogens with zero attached hydrogens (tertiary/aromatic N) is 2. The van der Waals surface area contributed by atoms with Gasteiger partial charge < -0.3 is 10.1 Å². The van der Waals surface area contributed by atoms with E-state index in [9.17, 15) is 9.59 Å². The van der Waals surface area contributed by atoms with Crippen molar-refractivity contribution < 1.29 is 14.3 Å². The average Bonchev–Trinajstić information content (AvgIpc) is 3.06. The minimum absolute atomic E-state index is 0.0189. The SMILES string of the molecule is COCC(C)CC(=O)c1cc(NC(=O)c2cc(C)nn2C)cc(-c2ccc(C)cc2)c1. The van der Waals surface area contributed by atoms with Gasteiger partial charge in [0.15, 0.2) is 5.78 Å². The van der Waals surface area contributed by atoms with Crippen molar-refractivity contribution in [3.05, 3.63) is 71.0 Å². The molecule has 1 unspecified atom stereocenters. The highest BCUT2D eigenvalue weighted by Gasteiger charge is 2.17. The van der Waals surface area contributed by atoms with Gasteiger partial charge in [0.2, 0.25) is 0 Å².